The molecule has 1 aromatic carbocycles. The van der Waals surface area contributed by atoms with Crippen molar-refractivity contribution in [3.63, 3.8) is 0 Å². The maximum absolute atomic E-state index is 12.7. The minimum Gasteiger partial charge on any atom is -0.325 e. The van der Waals surface area contributed by atoms with Crippen molar-refractivity contribution in [1.82, 2.24) is 0 Å². The molecule has 21 heavy (non-hydrogen) atoms. The van der Waals surface area contributed by atoms with Gasteiger partial charge in [0.25, 0.3) is 0 Å². The van der Waals surface area contributed by atoms with E-state index in [4.69, 9.17) is 9.05 Å². The number of amides is 1. The molecule has 0 bridgehead atoms. The second-order valence-corrected chi connectivity index (χ2v) is 6.87. The van der Waals surface area contributed by atoms with E-state index in [1.54, 1.807) is 20.8 Å². The molecule has 0 radical (unpaired) electrons. The molecule has 0 aliphatic carbocycles. The summed E-state index contributed by atoms with van der Waals surface area (Å²) in [5.74, 6) is -0.341. The monoisotopic (exact) mass is 313 g/mol. The number of rotatable bonds is 8. The molecule has 118 valence electrons. The lowest BCUT2D eigenvalue weighted by Crippen LogP contribution is -2.29. The van der Waals surface area contributed by atoms with E-state index in [9.17, 15) is 9.36 Å². The lowest BCUT2D eigenvalue weighted by Gasteiger charge is -2.24. The Hall–Kier alpha value is -1.16. The lowest BCUT2D eigenvalue weighted by atomic mass is 10.2. The minimum atomic E-state index is -3.44. The third-order valence-electron chi connectivity index (χ3n) is 3.01. The summed E-state index contributed by atoms with van der Waals surface area (Å²) in [5, 5.41) is 2.77. The highest BCUT2D eigenvalue weighted by molar-refractivity contribution is 7.55. The van der Waals surface area contributed by atoms with Crippen LogP contribution in [0.3, 0.4) is 0 Å². The topological polar surface area (TPSA) is 64.6 Å². The van der Waals surface area contributed by atoms with Gasteiger partial charge in [0.2, 0.25) is 5.91 Å². The Labute approximate surface area is 126 Å². The number of hydrogen-bond acceptors (Lipinski definition) is 4. The van der Waals surface area contributed by atoms with E-state index in [-0.39, 0.29) is 19.1 Å². The maximum atomic E-state index is 12.7. The van der Waals surface area contributed by atoms with E-state index in [1.165, 1.54) is 0 Å². The Morgan fingerprint density at radius 1 is 1.14 bits per heavy atom. The van der Waals surface area contributed by atoms with Gasteiger partial charge in [-0.3, -0.25) is 9.36 Å². The summed E-state index contributed by atoms with van der Waals surface area (Å²) in [6.45, 7) is 7.71. The summed E-state index contributed by atoms with van der Waals surface area (Å²) in [7, 11) is -3.44. The molecule has 0 aliphatic heterocycles. The van der Waals surface area contributed by atoms with Crippen LogP contribution in [0.25, 0.3) is 0 Å². The molecule has 0 aromatic heterocycles. The molecular formula is C15H24NO4P. The molecule has 1 N–H and O–H groups in total. The smallest absolute Gasteiger partial charge is 0.325 e. The molecule has 1 rings (SSSR count). The molecule has 0 aliphatic rings. The van der Waals surface area contributed by atoms with E-state index in [1.807, 2.05) is 31.2 Å². The van der Waals surface area contributed by atoms with Crippen molar-refractivity contribution in [3.05, 3.63) is 29.8 Å². The Morgan fingerprint density at radius 2 is 1.67 bits per heavy atom. The van der Waals surface area contributed by atoms with Gasteiger partial charge in [0.1, 0.15) is 5.66 Å². The number of anilines is 1. The van der Waals surface area contributed by atoms with Gasteiger partial charge in [-0.05, 0) is 39.3 Å². The molecule has 0 fully saturated rings. The van der Waals surface area contributed by atoms with E-state index in [0.717, 1.165) is 5.56 Å². The fourth-order valence-electron chi connectivity index (χ4n) is 1.99. The highest BCUT2D eigenvalue weighted by Gasteiger charge is 2.39. The van der Waals surface area contributed by atoms with Crippen LogP contribution >= 0.6 is 7.60 Å². The summed E-state index contributed by atoms with van der Waals surface area (Å²) < 4.78 is 23.3. The zero-order valence-electron chi connectivity index (χ0n) is 13.1. The molecule has 0 spiro atoms. The van der Waals surface area contributed by atoms with Crippen LogP contribution in [0.4, 0.5) is 5.69 Å². The fourth-order valence-corrected chi connectivity index (χ4v) is 3.95. The van der Waals surface area contributed by atoms with Crippen LogP contribution in [0.5, 0.6) is 0 Å². The molecule has 1 amide bonds. The maximum Gasteiger partial charge on any atom is 0.343 e. The Morgan fingerprint density at radius 3 is 2.10 bits per heavy atom. The van der Waals surface area contributed by atoms with Gasteiger partial charge >= 0.3 is 7.60 Å². The largest absolute Gasteiger partial charge is 0.343 e. The summed E-state index contributed by atoms with van der Waals surface area (Å²) >= 11 is 0. The molecule has 1 aromatic rings. The van der Waals surface area contributed by atoms with Crippen molar-refractivity contribution in [2.75, 3.05) is 18.5 Å². The van der Waals surface area contributed by atoms with Gasteiger partial charge in [-0.1, -0.05) is 24.6 Å². The van der Waals surface area contributed by atoms with E-state index in [2.05, 4.69) is 5.32 Å². The first kappa shape index (κ1) is 17.9. The normalized spacial score (nSPS) is 13.0. The third-order valence-corrected chi connectivity index (χ3v) is 5.61. The average Bonchev–Trinajstić information content (AvgIpc) is 2.42. The SMILES string of the molecule is CCOP(=O)(OCC)C(CC)C(=O)Nc1ccc(C)cc1. The molecule has 5 nitrogen and oxygen atoms in total. The summed E-state index contributed by atoms with van der Waals surface area (Å²) in [4.78, 5) is 12.4. The highest BCUT2D eigenvalue weighted by atomic mass is 31.2. The van der Waals surface area contributed by atoms with Crippen molar-refractivity contribution in [3.8, 4) is 0 Å². The Kier molecular flexibility index (Phi) is 7.09. The first-order chi connectivity index (χ1) is 9.96. The zero-order chi connectivity index (χ0) is 15.9. The van der Waals surface area contributed by atoms with Crippen LogP contribution in [0.1, 0.15) is 32.8 Å². The third kappa shape index (κ3) is 4.95. The lowest BCUT2D eigenvalue weighted by molar-refractivity contribution is -0.116. The fraction of sp³-hybridized carbons (Fsp3) is 0.533. The predicted octanol–water partition coefficient (Wildman–Crippen LogP) is 3.98. The molecule has 0 saturated heterocycles. The van der Waals surface area contributed by atoms with Gasteiger partial charge < -0.3 is 14.4 Å². The van der Waals surface area contributed by atoms with Crippen molar-refractivity contribution in [1.29, 1.82) is 0 Å². The molecule has 0 saturated carbocycles. The van der Waals surface area contributed by atoms with Crippen LogP contribution in [0.15, 0.2) is 24.3 Å². The highest BCUT2D eigenvalue weighted by Crippen LogP contribution is 2.54. The van der Waals surface area contributed by atoms with Crippen LogP contribution < -0.4 is 5.32 Å². The van der Waals surface area contributed by atoms with Crippen molar-refractivity contribution < 1.29 is 18.4 Å². The van der Waals surface area contributed by atoms with Crippen molar-refractivity contribution in [2.24, 2.45) is 0 Å². The predicted molar refractivity (Wildman–Crippen MR) is 84.7 cm³/mol. The van der Waals surface area contributed by atoms with Gasteiger partial charge in [0, 0.05) is 5.69 Å². The number of carbonyl (C=O) groups is 1. The second kappa shape index (κ2) is 8.32. The standard InChI is InChI=1S/C15H24NO4P/c1-5-14(21(18,19-6-2)20-7-3)15(17)16-13-10-8-12(4)9-11-13/h8-11,14H,5-7H2,1-4H3,(H,16,17). The zero-order valence-corrected chi connectivity index (χ0v) is 14.0. The summed E-state index contributed by atoms with van der Waals surface area (Å²) in [6, 6.07) is 7.43. The minimum absolute atomic E-state index is 0.242. The summed E-state index contributed by atoms with van der Waals surface area (Å²) in [6.07, 6.45) is 0.384. The van der Waals surface area contributed by atoms with E-state index in [0.29, 0.717) is 12.1 Å². The van der Waals surface area contributed by atoms with Crippen LogP contribution in [-0.2, 0) is 18.4 Å². The number of benzene rings is 1. The molecule has 1 unspecified atom stereocenters. The second-order valence-electron chi connectivity index (χ2n) is 4.65. The van der Waals surface area contributed by atoms with Gasteiger partial charge in [-0.15, -0.1) is 0 Å². The molecular weight excluding hydrogens is 289 g/mol. The van der Waals surface area contributed by atoms with Gasteiger partial charge in [-0.2, -0.15) is 0 Å². The Bertz CT molecular complexity index is 491. The molecule has 0 heterocycles. The van der Waals surface area contributed by atoms with Gasteiger partial charge in [0.15, 0.2) is 0 Å². The van der Waals surface area contributed by atoms with E-state index < -0.39 is 13.3 Å². The number of hydrogen-bond donors (Lipinski definition) is 1. The van der Waals surface area contributed by atoms with Gasteiger partial charge in [0.05, 0.1) is 13.2 Å². The number of carbonyl (C=O) groups excluding carboxylic acids is 1. The van der Waals surface area contributed by atoms with Gasteiger partial charge in [-0.25, -0.2) is 0 Å². The van der Waals surface area contributed by atoms with Crippen molar-refractivity contribution in [2.45, 2.75) is 39.8 Å². The Balaban J connectivity index is 2.89. The number of nitrogens with one attached hydrogen (secondary N) is 1. The van der Waals surface area contributed by atoms with E-state index >= 15 is 0 Å². The average molecular weight is 313 g/mol. The molecule has 6 heteroatoms. The first-order valence-corrected chi connectivity index (χ1v) is 8.84. The summed E-state index contributed by atoms with van der Waals surface area (Å²) in [5.41, 5.74) is 0.969. The van der Waals surface area contributed by atoms with Crippen LogP contribution in [0, 0.1) is 6.92 Å². The van der Waals surface area contributed by atoms with Crippen LogP contribution in [-0.4, -0.2) is 24.8 Å². The first-order valence-electron chi connectivity index (χ1n) is 7.23. The van der Waals surface area contributed by atoms with Crippen molar-refractivity contribution >= 4 is 19.2 Å². The molecule has 1 atom stereocenters. The van der Waals surface area contributed by atoms with Crippen LogP contribution in [0.2, 0.25) is 0 Å². The quantitative estimate of drug-likeness (QED) is 0.737. The number of aryl methyl sites for hydroxylation is 1.